The van der Waals surface area contributed by atoms with E-state index in [0.29, 0.717) is 4.88 Å². The molecule has 112 valence electrons. The predicted octanol–water partition coefficient (Wildman–Crippen LogP) is 3.67. The molecule has 0 radical (unpaired) electrons. The summed E-state index contributed by atoms with van der Waals surface area (Å²) in [6, 6.07) is 17.6. The highest BCUT2D eigenvalue weighted by Crippen LogP contribution is 2.20. The zero-order valence-corrected chi connectivity index (χ0v) is 13.1. The van der Waals surface area contributed by atoms with Crippen LogP contribution in [0.5, 0.6) is 0 Å². The minimum Gasteiger partial charge on any atom is -0.387 e. The first-order chi connectivity index (χ1) is 10.6. The molecule has 3 nitrogen and oxygen atoms in total. The van der Waals surface area contributed by atoms with Crippen LogP contribution < -0.4 is 5.32 Å². The second kappa shape index (κ2) is 6.30. The molecular formula is C18H17NO2S. The number of amides is 1. The third-order valence-corrected chi connectivity index (χ3v) is 4.58. The van der Waals surface area contributed by atoms with E-state index in [1.54, 1.807) is 6.07 Å². The summed E-state index contributed by atoms with van der Waals surface area (Å²) in [4.78, 5) is 13.8. The van der Waals surface area contributed by atoms with Gasteiger partial charge in [0.15, 0.2) is 0 Å². The van der Waals surface area contributed by atoms with Crippen molar-refractivity contribution in [1.29, 1.82) is 0 Å². The fraction of sp³-hybridized carbons (Fsp3) is 0.167. The van der Waals surface area contributed by atoms with Crippen LogP contribution in [0.1, 0.15) is 26.2 Å². The van der Waals surface area contributed by atoms with E-state index in [1.165, 1.54) is 11.3 Å². The largest absolute Gasteiger partial charge is 0.387 e. The van der Waals surface area contributed by atoms with Crippen LogP contribution in [-0.4, -0.2) is 17.6 Å². The first-order valence-corrected chi connectivity index (χ1v) is 7.96. The molecule has 1 heterocycles. The van der Waals surface area contributed by atoms with Gasteiger partial charge >= 0.3 is 0 Å². The van der Waals surface area contributed by atoms with Crippen LogP contribution in [-0.2, 0) is 0 Å². The van der Waals surface area contributed by atoms with E-state index in [2.05, 4.69) is 5.32 Å². The summed E-state index contributed by atoms with van der Waals surface area (Å²) in [6.45, 7) is 2.17. The maximum atomic E-state index is 12.0. The molecule has 3 rings (SSSR count). The molecule has 0 spiro atoms. The topological polar surface area (TPSA) is 49.3 Å². The molecular weight excluding hydrogens is 294 g/mol. The number of nitrogens with one attached hydrogen (secondary N) is 1. The quantitative estimate of drug-likeness (QED) is 0.772. The highest BCUT2D eigenvalue weighted by Gasteiger charge is 2.12. The number of aliphatic hydroxyl groups excluding tert-OH is 1. The van der Waals surface area contributed by atoms with Crippen LogP contribution >= 0.6 is 11.3 Å². The Balaban J connectivity index is 1.68. The van der Waals surface area contributed by atoms with Gasteiger partial charge in [0.2, 0.25) is 0 Å². The Kier molecular flexibility index (Phi) is 4.22. The zero-order valence-electron chi connectivity index (χ0n) is 12.2. The summed E-state index contributed by atoms with van der Waals surface area (Å²) >= 11 is 1.45. The first kappa shape index (κ1) is 14.8. The number of thiophene rings is 1. The summed E-state index contributed by atoms with van der Waals surface area (Å²) in [5.74, 6) is -0.141. The Bertz CT molecular complexity index is 809. The number of rotatable bonds is 4. The van der Waals surface area contributed by atoms with E-state index in [0.717, 1.165) is 21.2 Å². The van der Waals surface area contributed by atoms with Gasteiger partial charge in [0.1, 0.15) is 0 Å². The van der Waals surface area contributed by atoms with E-state index in [-0.39, 0.29) is 12.5 Å². The summed E-state index contributed by atoms with van der Waals surface area (Å²) < 4.78 is 0. The number of hydrogen-bond acceptors (Lipinski definition) is 3. The number of benzene rings is 2. The van der Waals surface area contributed by atoms with Crippen molar-refractivity contribution in [2.45, 2.75) is 13.0 Å². The molecule has 1 amide bonds. The van der Waals surface area contributed by atoms with Crippen LogP contribution in [0.25, 0.3) is 10.8 Å². The molecule has 1 aromatic heterocycles. The number of hydrogen-bond donors (Lipinski definition) is 2. The van der Waals surface area contributed by atoms with Crippen LogP contribution in [0.3, 0.4) is 0 Å². The van der Waals surface area contributed by atoms with Gasteiger partial charge in [0, 0.05) is 11.4 Å². The van der Waals surface area contributed by atoms with Crippen molar-refractivity contribution >= 4 is 28.0 Å². The van der Waals surface area contributed by atoms with Gasteiger partial charge in [-0.1, -0.05) is 36.4 Å². The molecule has 0 saturated heterocycles. The summed E-state index contributed by atoms with van der Waals surface area (Å²) in [7, 11) is 0. The van der Waals surface area contributed by atoms with Crippen LogP contribution in [0, 0.1) is 6.92 Å². The molecule has 4 heteroatoms. The molecule has 1 atom stereocenters. The standard InChI is InChI=1S/C18H17NO2S/c1-12-6-9-17(22-12)18(21)19-11-16(20)15-8-7-13-4-2-3-5-14(13)10-15/h2-10,16,20H,11H2,1H3,(H,19,21). The molecule has 0 aliphatic heterocycles. The van der Waals surface area contributed by atoms with Gasteiger partial charge in [-0.05, 0) is 41.5 Å². The van der Waals surface area contributed by atoms with E-state index < -0.39 is 6.10 Å². The SMILES string of the molecule is Cc1ccc(C(=O)NCC(O)c2ccc3ccccc3c2)s1. The van der Waals surface area contributed by atoms with E-state index in [9.17, 15) is 9.90 Å². The number of aliphatic hydroxyl groups is 1. The summed E-state index contributed by atoms with van der Waals surface area (Å²) in [5.41, 5.74) is 0.807. The Labute approximate surface area is 133 Å². The van der Waals surface area contributed by atoms with Crippen molar-refractivity contribution < 1.29 is 9.90 Å². The lowest BCUT2D eigenvalue weighted by Gasteiger charge is -2.12. The van der Waals surface area contributed by atoms with Gasteiger partial charge in [0.05, 0.1) is 11.0 Å². The highest BCUT2D eigenvalue weighted by atomic mass is 32.1. The number of fused-ring (bicyclic) bond motifs is 1. The second-order valence-electron chi connectivity index (χ2n) is 5.24. The number of carbonyl (C=O) groups is 1. The lowest BCUT2D eigenvalue weighted by atomic mass is 10.0. The van der Waals surface area contributed by atoms with E-state index in [1.807, 2.05) is 55.5 Å². The number of carbonyl (C=O) groups excluding carboxylic acids is 1. The Morgan fingerprint density at radius 1 is 1.14 bits per heavy atom. The Morgan fingerprint density at radius 3 is 2.64 bits per heavy atom. The molecule has 0 saturated carbocycles. The van der Waals surface area contributed by atoms with Gasteiger partial charge in [-0.3, -0.25) is 4.79 Å². The Hall–Kier alpha value is -2.17. The fourth-order valence-electron chi connectivity index (χ4n) is 2.37. The molecule has 22 heavy (non-hydrogen) atoms. The van der Waals surface area contributed by atoms with Crippen molar-refractivity contribution in [3.63, 3.8) is 0 Å². The monoisotopic (exact) mass is 311 g/mol. The van der Waals surface area contributed by atoms with Crippen molar-refractivity contribution in [2.24, 2.45) is 0 Å². The van der Waals surface area contributed by atoms with Crippen molar-refractivity contribution in [2.75, 3.05) is 6.54 Å². The summed E-state index contributed by atoms with van der Waals surface area (Å²) in [5, 5.41) is 15.3. The van der Waals surface area contributed by atoms with Crippen LogP contribution in [0.2, 0.25) is 0 Å². The van der Waals surface area contributed by atoms with E-state index >= 15 is 0 Å². The number of aryl methyl sites for hydroxylation is 1. The van der Waals surface area contributed by atoms with Crippen LogP contribution in [0.4, 0.5) is 0 Å². The molecule has 2 aromatic carbocycles. The lowest BCUT2D eigenvalue weighted by molar-refractivity contribution is 0.0920. The van der Waals surface area contributed by atoms with Gasteiger partial charge in [-0.25, -0.2) is 0 Å². The van der Waals surface area contributed by atoms with E-state index in [4.69, 9.17) is 0 Å². The zero-order chi connectivity index (χ0) is 15.5. The molecule has 0 fully saturated rings. The van der Waals surface area contributed by atoms with Gasteiger partial charge < -0.3 is 10.4 Å². The third-order valence-electron chi connectivity index (χ3n) is 3.58. The average molecular weight is 311 g/mol. The molecule has 0 bridgehead atoms. The van der Waals surface area contributed by atoms with Gasteiger partial charge in [-0.2, -0.15) is 0 Å². The fourth-order valence-corrected chi connectivity index (χ4v) is 3.15. The maximum Gasteiger partial charge on any atom is 0.261 e. The third kappa shape index (κ3) is 3.18. The Morgan fingerprint density at radius 2 is 1.91 bits per heavy atom. The van der Waals surface area contributed by atoms with Crippen molar-refractivity contribution in [1.82, 2.24) is 5.32 Å². The van der Waals surface area contributed by atoms with Crippen molar-refractivity contribution in [3.05, 3.63) is 69.9 Å². The maximum absolute atomic E-state index is 12.0. The molecule has 2 N–H and O–H groups in total. The lowest BCUT2D eigenvalue weighted by Crippen LogP contribution is -2.27. The molecule has 0 aliphatic carbocycles. The van der Waals surface area contributed by atoms with Crippen molar-refractivity contribution in [3.8, 4) is 0 Å². The average Bonchev–Trinajstić information content (AvgIpc) is 2.98. The normalized spacial score (nSPS) is 12.3. The van der Waals surface area contributed by atoms with Gasteiger partial charge in [0.25, 0.3) is 5.91 Å². The molecule has 0 aliphatic rings. The molecule has 1 unspecified atom stereocenters. The summed E-state index contributed by atoms with van der Waals surface area (Å²) in [6.07, 6.45) is -0.713. The predicted molar refractivity (Wildman–Crippen MR) is 90.3 cm³/mol. The second-order valence-corrected chi connectivity index (χ2v) is 6.53. The van der Waals surface area contributed by atoms with Gasteiger partial charge in [-0.15, -0.1) is 11.3 Å². The minimum atomic E-state index is -0.713. The highest BCUT2D eigenvalue weighted by molar-refractivity contribution is 7.13. The molecule has 3 aromatic rings. The smallest absolute Gasteiger partial charge is 0.261 e. The first-order valence-electron chi connectivity index (χ1n) is 7.15. The minimum absolute atomic E-state index is 0.141. The van der Waals surface area contributed by atoms with Crippen LogP contribution in [0.15, 0.2) is 54.6 Å².